The van der Waals surface area contributed by atoms with Gasteiger partial charge in [-0.15, -0.1) is 0 Å². The fraction of sp³-hybridized carbons (Fsp3) is 0.429. The average molecular weight is 202 g/mol. The third-order valence-electron chi connectivity index (χ3n) is 2.74. The first kappa shape index (κ1) is 10.3. The molecule has 0 saturated carbocycles. The molecule has 0 aliphatic carbocycles. The maximum absolute atomic E-state index is 5.77. The van der Waals surface area contributed by atoms with Crippen molar-refractivity contribution in [2.24, 2.45) is 0 Å². The Labute approximate surface area is 91.8 Å². The highest BCUT2D eigenvalue weighted by Crippen LogP contribution is 2.21. The van der Waals surface area contributed by atoms with Gasteiger partial charge < -0.3 is 4.74 Å². The van der Waals surface area contributed by atoms with Gasteiger partial charge in [0, 0.05) is 5.56 Å². The third-order valence-corrected chi connectivity index (χ3v) is 2.74. The van der Waals surface area contributed by atoms with E-state index in [1.165, 1.54) is 37.7 Å². The van der Waals surface area contributed by atoms with Crippen LogP contribution in [0.1, 0.15) is 37.7 Å². The van der Waals surface area contributed by atoms with E-state index in [9.17, 15) is 0 Å². The van der Waals surface area contributed by atoms with Gasteiger partial charge in [-0.05, 0) is 25.3 Å². The molecule has 0 atom stereocenters. The van der Waals surface area contributed by atoms with Crippen LogP contribution in [0.4, 0.5) is 0 Å². The number of para-hydroxylation sites is 1. The van der Waals surface area contributed by atoms with Crippen LogP contribution in [0.5, 0.6) is 5.75 Å². The highest BCUT2D eigenvalue weighted by molar-refractivity contribution is 5.57. The number of hydrogen-bond donors (Lipinski definition) is 0. The summed E-state index contributed by atoms with van der Waals surface area (Å²) < 4.78 is 5.77. The molecular weight excluding hydrogens is 184 g/mol. The zero-order chi connectivity index (χ0) is 10.3. The molecule has 0 bridgehead atoms. The SMILES string of the molecule is C1=C\c2ccccc2OCCCCCC/1. The fourth-order valence-electron chi connectivity index (χ4n) is 1.86. The van der Waals surface area contributed by atoms with Gasteiger partial charge in [-0.25, -0.2) is 0 Å². The molecular formula is C14H18O. The summed E-state index contributed by atoms with van der Waals surface area (Å²) in [5, 5.41) is 0. The summed E-state index contributed by atoms with van der Waals surface area (Å²) in [5.41, 5.74) is 1.21. The molecule has 1 heterocycles. The minimum absolute atomic E-state index is 0.852. The van der Waals surface area contributed by atoms with Crippen molar-refractivity contribution in [3.63, 3.8) is 0 Å². The molecule has 0 saturated heterocycles. The van der Waals surface area contributed by atoms with E-state index >= 15 is 0 Å². The molecule has 2 rings (SSSR count). The molecule has 1 nitrogen and oxygen atoms in total. The Bertz CT molecular complexity index is 328. The van der Waals surface area contributed by atoms with Gasteiger partial charge in [-0.2, -0.15) is 0 Å². The lowest BCUT2D eigenvalue weighted by Gasteiger charge is -2.08. The van der Waals surface area contributed by atoms with Crippen LogP contribution in [0.3, 0.4) is 0 Å². The molecule has 0 radical (unpaired) electrons. The number of allylic oxidation sites excluding steroid dienone is 1. The van der Waals surface area contributed by atoms with Crippen LogP contribution < -0.4 is 4.74 Å². The highest BCUT2D eigenvalue weighted by atomic mass is 16.5. The number of benzene rings is 1. The van der Waals surface area contributed by atoms with Crippen molar-refractivity contribution in [1.82, 2.24) is 0 Å². The standard InChI is InChI=1S/C14H18O/c1-2-4-8-12-15-14-11-7-6-10-13(14)9-5-3-1/h5-7,9-11H,1-4,8,12H2/b9-5-. The van der Waals surface area contributed by atoms with E-state index in [0.717, 1.165) is 12.4 Å². The maximum Gasteiger partial charge on any atom is 0.126 e. The monoisotopic (exact) mass is 202 g/mol. The molecule has 0 amide bonds. The van der Waals surface area contributed by atoms with E-state index < -0.39 is 0 Å². The number of ether oxygens (including phenoxy) is 1. The lowest BCUT2D eigenvalue weighted by molar-refractivity contribution is 0.304. The van der Waals surface area contributed by atoms with E-state index in [0.29, 0.717) is 0 Å². The van der Waals surface area contributed by atoms with Crippen LogP contribution in [-0.2, 0) is 0 Å². The lowest BCUT2D eigenvalue weighted by Crippen LogP contribution is -1.98. The maximum atomic E-state index is 5.77. The quantitative estimate of drug-likeness (QED) is 0.617. The first-order chi connectivity index (χ1) is 7.47. The van der Waals surface area contributed by atoms with Gasteiger partial charge in [-0.1, -0.05) is 43.2 Å². The normalized spacial score (nSPS) is 19.5. The molecule has 1 heteroatoms. The second kappa shape index (κ2) is 5.59. The van der Waals surface area contributed by atoms with Gasteiger partial charge in [-0.3, -0.25) is 0 Å². The van der Waals surface area contributed by atoms with Gasteiger partial charge in [0.1, 0.15) is 5.75 Å². The Balaban J connectivity index is 2.14. The van der Waals surface area contributed by atoms with Crippen LogP contribution in [-0.4, -0.2) is 6.61 Å². The van der Waals surface area contributed by atoms with E-state index in [1.807, 2.05) is 6.07 Å². The van der Waals surface area contributed by atoms with Gasteiger partial charge in [0.25, 0.3) is 0 Å². The summed E-state index contributed by atoms with van der Waals surface area (Å²) in [6, 6.07) is 8.26. The van der Waals surface area contributed by atoms with Crippen molar-refractivity contribution in [2.75, 3.05) is 6.61 Å². The second-order valence-electron chi connectivity index (χ2n) is 3.99. The second-order valence-corrected chi connectivity index (χ2v) is 3.99. The van der Waals surface area contributed by atoms with Crippen LogP contribution in [0.2, 0.25) is 0 Å². The summed E-state index contributed by atoms with van der Waals surface area (Å²) in [6.07, 6.45) is 10.7. The van der Waals surface area contributed by atoms with Crippen molar-refractivity contribution >= 4 is 6.08 Å². The smallest absolute Gasteiger partial charge is 0.126 e. The molecule has 1 aliphatic heterocycles. The first-order valence-electron chi connectivity index (χ1n) is 5.85. The molecule has 0 spiro atoms. The van der Waals surface area contributed by atoms with E-state index in [1.54, 1.807) is 0 Å². The van der Waals surface area contributed by atoms with Gasteiger partial charge in [0.2, 0.25) is 0 Å². The Morgan fingerprint density at radius 1 is 0.933 bits per heavy atom. The number of rotatable bonds is 0. The summed E-state index contributed by atoms with van der Waals surface area (Å²) >= 11 is 0. The summed E-state index contributed by atoms with van der Waals surface area (Å²) in [6.45, 7) is 0.852. The largest absolute Gasteiger partial charge is 0.493 e. The molecule has 0 N–H and O–H groups in total. The summed E-state index contributed by atoms with van der Waals surface area (Å²) in [7, 11) is 0. The van der Waals surface area contributed by atoms with Crippen molar-refractivity contribution in [3.05, 3.63) is 35.9 Å². The van der Waals surface area contributed by atoms with Crippen LogP contribution in [0, 0.1) is 0 Å². The minimum Gasteiger partial charge on any atom is -0.493 e. The molecule has 15 heavy (non-hydrogen) atoms. The number of hydrogen-bond acceptors (Lipinski definition) is 1. The van der Waals surface area contributed by atoms with Crippen molar-refractivity contribution < 1.29 is 4.74 Å². The van der Waals surface area contributed by atoms with Gasteiger partial charge >= 0.3 is 0 Å². The third kappa shape index (κ3) is 3.12. The molecule has 1 aromatic carbocycles. The van der Waals surface area contributed by atoms with E-state index in [-0.39, 0.29) is 0 Å². The minimum atomic E-state index is 0.852. The van der Waals surface area contributed by atoms with Gasteiger partial charge in [0.05, 0.1) is 6.61 Å². The summed E-state index contributed by atoms with van der Waals surface area (Å²) in [5.74, 6) is 1.02. The number of fused-ring (bicyclic) bond motifs is 1. The topological polar surface area (TPSA) is 9.23 Å². The van der Waals surface area contributed by atoms with Crippen molar-refractivity contribution in [1.29, 1.82) is 0 Å². The lowest BCUT2D eigenvalue weighted by atomic mass is 10.1. The summed E-state index contributed by atoms with van der Waals surface area (Å²) in [4.78, 5) is 0. The first-order valence-corrected chi connectivity index (χ1v) is 5.85. The highest BCUT2D eigenvalue weighted by Gasteiger charge is 2.00. The molecule has 1 aliphatic rings. The predicted octanol–water partition coefficient (Wildman–Crippen LogP) is 4.04. The van der Waals surface area contributed by atoms with Crippen LogP contribution >= 0.6 is 0 Å². The predicted molar refractivity (Wildman–Crippen MR) is 64.1 cm³/mol. The Morgan fingerprint density at radius 2 is 1.80 bits per heavy atom. The Hall–Kier alpha value is -1.24. The Kier molecular flexibility index (Phi) is 3.84. The van der Waals surface area contributed by atoms with Crippen molar-refractivity contribution in [3.8, 4) is 5.75 Å². The van der Waals surface area contributed by atoms with E-state index in [4.69, 9.17) is 4.74 Å². The molecule has 80 valence electrons. The average Bonchev–Trinajstić information content (AvgIpc) is 2.32. The zero-order valence-electron chi connectivity index (χ0n) is 9.11. The van der Waals surface area contributed by atoms with Gasteiger partial charge in [0.15, 0.2) is 0 Å². The molecule has 1 aromatic rings. The fourth-order valence-corrected chi connectivity index (χ4v) is 1.86. The van der Waals surface area contributed by atoms with Crippen LogP contribution in [0.15, 0.2) is 30.3 Å². The Morgan fingerprint density at radius 3 is 2.80 bits per heavy atom. The van der Waals surface area contributed by atoms with Crippen molar-refractivity contribution in [2.45, 2.75) is 32.1 Å². The molecule has 0 fully saturated rings. The van der Waals surface area contributed by atoms with Crippen LogP contribution in [0.25, 0.3) is 6.08 Å². The zero-order valence-corrected chi connectivity index (χ0v) is 9.11. The molecule has 0 unspecified atom stereocenters. The van der Waals surface area contributed by atoms with E-state index in [2.05, 4.69) is 30.4 Å². The molecule has 0 aromatic heterocycles.